The monoisotopic (exact) mass is 456 g/mol. The van der Waals surface area contributed by atoms with Crippen LogP contribution in [0.3, 0.4) is 0 Å². The molecule has 1 aliphatic heterocycles. The Kier molecular flexibility index (Phi) is 6.95. The molecule has 0 bridgehead atoms. The van der Waals surface area contributed by atoms with Crippen LogP contribution in [0.5, 0.6) is 0 Å². The third-order valence-corrected chi connectivity index (χ3v) is 8.60. The van der Waals surface area contributed by atoms with Gasteiger partial charge in [-0.05, 0) is 19.1 Å². The molecule has 1 fully saturated rings. The fraction of sp³-hybridized carbons (Fsp3) is 0.474. The number of nitrogens with zero attached hydrogens (tertiary/aromatic N) is 4. The summed E-state index contributed by atoms with van der Waals surface area (Å²) in [6, 6.07) is 7.35. The Morgan fingerprint density at radius 1 is 1.14 bits per heavy atom. The Morgan fingerprint density at radius 3 is 2.28 bits per heavy atom. The summed E-state index contributed by atoms with van der Waals surface area (Å²) in [5.41, 5.74) is 1.60. The van der Waals surface area contributed by atoms with E-state index in [4.69, 9.17) is 11.6 Å². The van der Waals surface area contributed by atoms with Crippen molar-refractivity contribution in [1.82, 2.24) is 18.5 Å². The minimum absolute atomic E-state index is 0.0971. The number of carbonyl (C=O) groups excluding carboxylic acids is 1. The number of piperazine rings is 1. The summed E-state index contributed by atoms with van der Waals surface area (Å²) < 4.78 is 28.2. The fourth-order valence-electron chi connectivity index (χ4n) is 3.29. The van der Waals surface area contributed by atoms with Gasteiger partial charge in [-0.1, -0.05) is 37.6 Å². The van der Waals surface area contributed by atoms with Gasteiger partial charge in [0.25, 0.3) is 16.1 Å². The first kappa shape index (κ1) is 22.2. The van der Waals surface area contributed by atoms with E-state index < -0.39 is 10.2 Å². The van der Waals surface area contributed by atoms with Gasteiger partial charge in [0.05, 0.1) is 5.69 Å². The van der Waals surface area contributed by atoms with E-state index in [0.717, 1.165) is 10.6 Å². The van der Waals surface area contributed by atoms with E-state index in [2.05, 4.69) is 4.98 Å². The maximum atomic E-state index is 13.0. The Balaban J connectivity index is 1.71. The van der Waals surface area contributed by atoms with Gasteiger partial charge in [0.2, 0.25) is 0 Å². The third-order valence-electron chi connectivity index (χ3n) is 4.97. The molecule has 0 N–H and O–H groups in total. The molecule has 10 heteroatoms. The summed E-state index contributed by atoms with van der Waals surface area (Å²) in [5, 5.41) is 1.42. The molecule has 0 aliphatic carbocycles. The highest BCUT2D eigenvalue weighted by atomic mass is 35.5. The topological polar surface area (TPSA) is 73.8 Å². The van der Waals surface area contributed by atoms with Gasteiger partial charge >= 0.3 is 0 Å². The molecule has 0 atom stereocenters. The summed E-state index contributed by atoms with van der Waals surface area (Å²) >= 11 is 7.30. The van der Waals surface area contributed by atoms with Crippen LogP contribution in [0.15, 0.2) is 24.3 Å². The predicted molar refractivity (Wildman–Crippen MR) is 117 cm³/mol. The maximum Gasteiger partial charge on any atom is 0.282 e. The number of benzene rings is 1. The number of rotatable bonds is 6. The van der Waals surface area contributed by atoms with Crippen molar-refractivity contribution in [2.75, 3.05) is 39.3 Å². The van der Waals surface area contributed by atoms with Crippen molar-refractivity contribution in [3.8, 4) is 10.6 Å². The van der Waals surface area contributed by atoms with Crippen LogP contribution in [-0.2, 0) is 10.2 Å². The van der Waals surface area contributed by atoms with Crippen LogP contribution in [0.25, 0.3) is 10.6 Å². The zero-order valence-electron chi connectivity index (χ0n) is 16.8. The number of amides is 1. The van der Waals surface area contributed by atoms with Gasteiger partial charge in [-0.15, -0.1) is 11.3 Å². The first-order chi connectivity index (χ1) is 13.8. The summed E-state index contributed by atoms with van der Waals surface area (Å²) in [6.07, 6.45) is 0. The number of thiazole rings is 1. The quantitative estimate of drug-likeness (QED) is 0.669. The van der Waals surface area contributed by atoms with Gasteiger partial charge in [0.15, 0.2) is 0 Å². The van der Waals surface area contributed by atoms with Crippen molar-refractivity contribution in [2.45, 2.75) is 20.8 Å². The number of aromatic nitrogens is 1. The van der Waals surface area contributed by atoms with Crippen LogP contribution in [0.1, 0.15) is 29.2 Å². The molecule has 1 amide bonds. The molecule has 7 nitrogen and oxygen atoms in total. The minimum atomic E-state index is -3.47. The second-order valence-corrected chi connectivity index (χ2v) is 10.1. The summed E-state index contributed by atoms with van der Waals surface area (Å²) in [5.74, 6) is -0.0971. The summed E-state index contributed by atoms with van der Waals surface area (Å²) in [7, 11) is -3.47. The van der Waals surface area contributed by atoms with Gasteiger partial charge in [0.1, 0.15) is 9.88 Å². The molecular weight excluding hydrogens is 432 g/mol. The highest BCUT2D eigenvalue weighted by Gasteiger charge is 2.33. The van der Waals surface area contributed by atoms with Crippen molar-refractivity contribution in [1.29, 1.82) is 0 Å². The second kappa shape index (κ2) is 9.09. The van der Waals surface area contributed by atoms with Crippen LogP contribution in [-0.4, -0.2) is 72.1 Å². The van der Waals surface area contributed by atoms with Gasteiger partial charge < -0.3 is 4.90 Å². The van der Waals surface area contributed by atoms with E-state index in [9.17, 15) is 13.2 Å². The average molecular weight is 457 g/mol. The first-order valence-electron chi connectivity index (χ1n) is 9.55. The average Bonchev–Trinajstić information content (AvgIpc) is 3.10. The van der Waals surface area contributed by atoms with Gasteiger partial charge in [-0.3, -0.25) is 4.79 Å². The molecule has 0 spiro atoms. The van der Waals surface area contributed by atoms with Crippen LogP contribution in [0, 0.1) is 6.92 Å². The molecule has 2 heterocycles. The Bertz CT molecular complexity index is 964. The molecule has 1 saturated heterocycles. The van der Waals surface area contributed by atoms with Crippen LogP contribution in [0.2, 0.25) is 5.02 Å². The molecule has 0 unspecified atom stereocenters. The van der Waals surface area contributed by atoms with E-state index in [1.807, 2.05) is 32.9 Å². The van der Waals surface area contributed by atoms with Crippen molar-refractivity contribution in [3.63, 3.8) is 0 Å². The standard InChI is InChI=1S/C19H25ClN4O3S2/c1-4-23(5-2)29(26,27)24-12-10-22(11-13-24)19(25)17-14(3)21-18(28-17)15-6-8-16(20)9-7-15/h6-9H,4-5,10-13H2,1-3H3. The lowest BCUT2D eigenvalue weighted by molar-refractivity contribution is 0.0698. The van der Waals surface area contributed by atoms with Crippen molar-refractivity contribution in [3.05, 3.63) is 39.9 Å². The van der Waals surface area contributed by atoms with Crippen molar-refractivity contribution >= 4 is 39.1 Å². The Morgan fingerprint density at radius 2 is 1.72 bits per heavy atom. The molecule has 158 valence electrons. The van der Waals surface area contributed by atoms with E-state index in [0.29, 0.717) is 54.9 Å². The van der Waals surface area contributed by atoms with Gasteiger partial charge in [-0.2, -0.15) is 17.0 Å². The lowest BCUT2D eigenvalue weighted by atomic mass is 10.2. The Labute approximate surface area is 181 Å². The zero-order chi connectivity index (χ0) is 21.2. The molecular formula is C19H25ClN4O3S2. The van der Waals surface area contributed by atoms with Crippen LogP contribution < -0.4 is 0 Å². The molecule has 3 rings (SSSR count). The van der Waals surface area contributed by atoms with Crippen LogP contribution in [0.4, 0.5) is 0 Å². The zero-order valence-corrected chi connectivity index (χ0v) is 19.1. The SMILES string of the molecule is CCN(CC)S(=O)(=O)N1CCN(C(=O)c2sc(-c3ccc(Cl)cc3)nc2C)CC1. The van der Waals surface area contributed by atoms with Gasteiger partial charge in [0, 0.05) is 49.9 Å². The fourth-order valence-corrected chi connectivity index (χ4v) is 6.06. The van der Waals surface area contributed by atoms with Crippen molar-refractivity contribution in [2.24, 2.45) is 0 Å². The number of hydrogen-bond acceptors (Lipinski definition) is 5. The highest BCUT2D eigenvalue weighted by Crippen LogP contribution is 2.30. The second-order valence-electron chi connectivity index (χ2n) is 6.72. The number of aryl methyl sites for hydroxylation is 1. The third kappa shape index (κ3) is 4.64. The maximum absolute atomic E-state index is 13.0. The molecule has 0 saturated carbocycles. The van der Waals surface area contributed by atoms with E-state index >= 15 is 0 Å². The molecule has 2 aromatic rings. The predicted octanol–water partition coefficient (Wildman–Crippen LogP) is 3.12. The van der Waals surface area contributed by atoms with Crippen molar-refractivity contribution < 1.29 is 13.2 Å². The highest BCUT2D eigenvalue weighted by molar-refractivity contribution is 7.86. The van der Waals surface area contributed by atoms with E-state index in [1.165, 1.54) is 19.9 Å². The van der Waals surface area contributed by atoms with Gasteiger partial charge in [-0.25, -0.2) is 4.98 Å². The van der Waals surface area contributed by atoms with Crippen LogP contribution >= 0.6 is 22.9 Å². The molecule has 29 heavy (non-hydrogen) atoms. The normalized spacial score (nSPS) is 15.8. The first-order valence-corrected chi connectivity index (χ1v) is 12.1. The minimum Gasteiger partial charge on any atom is -0.335 e. The van der Waals surface area contributed by atoms with E-state index in [1.54, 1.807) is 17.0 Å². The lowest BCUT2D eigenvalue weighted by Gasteiger charge is -2.36. The summed E-state index contributed by atoms with van der Waals surface area (Å²) in [4.78, 5) is 19.9. The van der Waals surface area contributed by atoms with E-state index in [-0.39, 0.29) is 5.91 Å². The number of hydrogen-bond donors (Lipinski definition) is 0. The number of halogens is 1. The number of carbonyl (C=O) groups is 1. The smallest absolute Gasteiger partial charge is 0.282 e. The lowest BCUT2D eigenvalue weighted by Crippen LogP contribution is -2.54. The molecule has 1 aliphatic rings. The molecule has 1 aromatic carbocycles. The summed E-state index contributed by atoms with van der Waals surface area (Å²) in [6.45, 7) is 7.68. The Hall–Kier alpha value is -1.52. The molecule has 1 aromatic heterocycles. The largest absolute Gasteiger partial charge is 0.335 e. The molecule has 0 radical (unpaired) electrons.